The van der Waals surface area contributed by atoms with Crippen LogP contribution in [0.1, 0.15) is 23.6 Å². The van der Waals surface area contributed by atoms with Gasteiger partial charge in [0, 0.05) is 16.3 Å². The minimum atomic E-state index is 0.616. The molecule has 1 aromatic carbocycles. The molecule has 0 aliphatic rings. The van der Waals surface area contributed by atoms with Crippen molar-refractivity contribution in [3.63, 3.8) is 0 Å². The summed E-state index contributed by atoms with van der Waals surface area (Å²) in [6.07, 6.45) is 0. The summed E-state index contributed by atoms with van der Waals surface area (Å²) in [5, 5.41) is 3.33. The lowest BCUT2D eigenvalue weighted by Gasteiger charge is -2.06. The Labute approximate surface area is 124 Å². The van der Waals surface area contributed by atoms with E-state index in [2.05, 4.69) is 24.4 Å². The van der Waals surface area contributed by atoms with Gasteiger partial charge in [0.25, 0.3) is 0 Å². The van der Waals surface area contributed by atoms with Crippen molar-refractivity contribution in [1.82, 2.24) is 5.32 Å². The minimum Gasteiger partial charge on any atom is -0.494 e. The van der Waals surface area contributed by atoms with Crippen molar-refractivity contribution in [3.8, 4) is 11.5 Å². The maximum atomic E-state index is 5.78. The second-order valence-electron chi connectivity index (χ2n) is 4.34. The Kier molecular flexibility index (Phi) is 5.89. The number of thiophene rings is 1. The van der Waals surface area contributed by atoms with Crippen molar-refractivity contribution in [2.45, 2.75) is 27.0 Å². The van der Waals surface area contributed by atoms with Gasteiger partial charge < -0.3 is 14.8 Å². The Morgan fingerprint density at radius 1 is 0.900 bits per heavy atom. The number of hydrogen-bond acceptors (Lipinski definition) is 4. The Morgan fingerprint density at radius 2 is 1.55 bits per heavy atom. The summed E-state index contributed by atoms with van der Waals surface area (Å²) >= 11 is 1.79. The predicted molar refractivity (Wildman–Crippen MR) is 83.6 cm³/mol. The lowest BCUT2D eigenvalue weighted by molar-refractivity contribution is 0.307. The fourth-order valence-electron chi connectivity index (χ4n) is 1.80. The van der Waals surface area contributed by atoms with Crippen LogP contribution < -0.4 is 14.8 Å². The molecule has 4 heteroatoms. The molecule has 0 aliphatic carbocycles. The fraction of sp³-hybridized carbons (Fsp3) is 0.375. The highest BCUT2D eigenvalue weighted by Crippen LogP contribution is 2.21. The van der Waals surface area contributed by atoms with Gasteiger partial charge in [-0.15, -0.1) is 11.3 Å². The molecule has 2 aromatic rings. The zero-order valence-electron chi connectivity index (χ0n) is 12.0. The van der Waals surface area contributed by atoms with E-state index in [4.69, 9.17) is 9.47 Å². The largest absolute Gasteiger partial charge is 0.494 e. The van der Waals surface area contributed by atoms with Crippen LogP contribution in [-0.2, 0) is 13.2 Å². The van der Waals surface area contributed by atoms with Gasteiger partial charge in [-0.05, 0) is 49.9 Å². The maximum Gasteiger partial charge on any atom is 0.122 e. The summed E-state index contributed by atoms with van der Waals surface area (Å²) in [4.78, 5) is 2.59. The minimum absolute atomic E-state index is 0.616. The molecular weight excluding hydrogens is 270 g/mol. The molecule has 1 N–H and O–H groups in total. The van der Waals surface area contributed by atoms with E-state index in [0.717, 1.165) is 24.6 Å². The van der Waals surface area contributed by atoms with E-state index >= 15 is 0 Å². The van der Waals surface area contributed by atoms with E-state index in [1.807, 2.05) is 31.2 Å². The summed E-state index contributed by atoms with van der Waals surface area (Å²) in [5.74, 6) is 1.75. The number of rotatable bonds is 8. The van der Waals surface area contributed by atoms with Crippen LogP contribution in [-0.4, -0.2) is 13.2 Å². The lowest BCUT2D eigenvalue weighted by atomic mass is 10.3. The highest BCUT2D eigenvalue weighted by Gasteiger charge is 2.01. The van der Waals surface area contributed by atoms with Gasteiger partial charge in [-0.2, -0.15) is 0 Å². The van der Waals surface area contributed by atoms with Crippen LogP contribution in [0.5, 0.6) is 11.5 Å². The van der Waals surface area contributed by atoms with Gasteiger partial charge in [0.2, 0.25) is 0 Å². The molecule has 0 saturated carbocycles. The van der Waals surface area contributed by atoms with Crippen LogP contribution in [0.3, 0.4) is 0 Å². The van der Waals surface area contributed by atoms with Crippen LogP contribution in [0.4, 0.5) is 0 Å². The first-order valence-electron chi connectivity index (χ1n) is 6.95. The molecule has 0 amide bonds. The summed E-state index contributed by atoms with van der Waals surface area (Å²) in [6, 6.07) is 12.0. The molecule has 0 unspecified atom stereocenters. The van der Waals surface area contributed by atoms with E-state index in [0.29, 0.717) is 13.2 Å². The highest BCUT2D eigenvalue weighted by molar-refractivity contribution is 7.11. The molecule has 0 bridgehead atoms. The first-order chi connectivity index (χ1) is 9.81. The zero-order chi connectivity index (χ0) is 14.2. The van der Waals surface area contributed by atoms with E-state index in [1.54, 1.807) is 11.3 Å². The predicted octanol–water partition coefficient (Wildman–Crippen LogP) is 3.84. The van der Waals surface area contributed by atoms with Crippen LogP contribution in [0.25, 0.3) is 0 Å². The number of ether oxygens (including phenoxy) is 2. The van der Waals surface area contributed by atoms with Crippen molar-refractivity contribution in [3.05, 3.63) is 46.2 Å². The smallest absolute Gasteiger partial charge is 0.122 e. The third-order valence-electron chi connectivity index (χ3n) is 2.78. The molecule has 3 nitrogen and oxygen atoms in total. The molecule has 0 saturated heterocycles. The van der Waals surface area contributed by atoms with Gasteiger partial charge in [0.05, 0.1) is 6.61 Å². The van der Waals surface area contributed by atoms with E-state index in [9.17, 15) is 0 Å². The normalized spacial score (nSPS) is 10.5. The van der Waals surface area contributed by atoms with Crippen molar-refractivity contribution < 1.29 is 9.47 Å². The SMILES string of the molecule is CCNCc1ccc(COc2ccc(OCC)cc2)s1. The maximum absolute atomic E-state index is 5.78. The standard InChI is InChI=1S/C16H21NO2S/c1-3-17-11-15-9-10-16(20-15)12-19-14-7-5-13(6-8-14)18-4-2/h5-10,17H,3-4,11-12H2,1-2H3. The Bertz CT molecular complexity index is 507. The lowest BCUT2D eigenvalue weighted by Crippen LogP contribution is -2.10. The molecule has 0 spiro atoms. The average molecular weight is 291 g/mol. The van der Waals surface area contributed by atoms with Gasteiger partial charge in [-0.3, -0.25) is 0 Å². The summed E-state index contributed by atoms with van der Waals surface area (Å²) in [7, 11) is 0. The Morgan fingerprint density at radius 3 is 2.20 bits per heavy atom. The molecule has 2 rings (SSSR count). The molecule has 0 fully saturated rings. The molecule has 1 heterocycles. The molecule has 108 valence electrons. The Hall–Kier alpha value is -1.52. The number of benzene rings is 1. The summed E-state index contributed by atoms with van der Waals surface area (Å²) in [5.41, 5.74) is 0. The summed E-state index contributed by atoms with van der Waals surface area (Å²) < 4.78 is 11.2. The van der Waals surface area contributed by atoms with Gasteiger partial charge in [0.15, 0.2) is 0 Å². The average Bonchev–Trinajstić information content (AvgIpc) is 2.93. The monoisotopic (exact) mass is 291 g/mol. The zero-order valence-corrected chi connectivity index (χ0v) is 12.8. The van der Waals surface area contributed by atoms with Crippen LogP contribution in [0.2, 0.25) is 0 Å². The Balaban J connectivity index is 1.83. The van der Waals surface area contributed by atoms with E-state index < -0.39 is 0 Å². The molecule has 1 aromatic heterocycles. The van der Waals surface area contributed by atoms with Crippen LogP contribution in [0, 0.1) is 0 Å². The first-order valence-corrected chi connectivity index (χ1v) is 7.77. The van der Waals surface area contributed by atoms with Crippen LogP contribution in [0.15, 0.2) is 36.4 Å². The van der Waals surface area contributed by atoms with Crippen molar-refractivity contribution in [2.75, 3.05) is 13.2 Å². The highest BCUT2D eigenvalue weighted by atomic mass is 32.1. The van der Waals surface area contributed by atoms with Crippen molar-refractivity contribution >= 4 is 11.3 Å². The second-order valence-corrected chi connectivity index (χ2v) is 5.59. The van der Waals surface area contributed by atoms with Gasteiger partial charge in [0.1, 0.15) is 18.1 Å². The third kappa shape index (κ3) is 4.54. The number of hydrogen-bond donors (Lipinski definition) is 1. The molecule has 20 heavy (non-hydrogen) atoms. The first kappa shape index (κ1) is 14.9. The molecule has 0 aliphatic heterocycles. The fourth-order valence-corrected chi connectivity index (χ4v) is 2.70. The second kappa shape index (κ2) is 7.92. The van der Waals surface area contributed by atoms with Gasteiger partial charge in [-0.1, -0.05) is 6.92 Å². The van der Waals surface area contributed by atoms with Gasteiger partial charge >= 0.3 is 0 Å². The summed E-state index contributed by atoms with van der Waals surface area (Å²) in [6.45, 7) is 7.32. The van der Waals surface area contributed by atoms with Crippen molar-refractivity contribution in [1.29, 1.82) is 0 Å². The van der Waals surface area contributed by atoms with Crippen molar-refractivity contribution in [2.24, 2.45) is 0 Å². The van der Waals surface area contributed by atoms with Gasteiger partial charge in [-0.25, -0.2) is 0 Å². The molecular formula is C16H21NO2S. The van der Waals surface area contributed by atoms with E-state index in [-0.39, 0.29) is 0 Å². The van der Waals surface area contributed by atoms with E-state index in [1.165, 1.54) is 9.75 Å². The topological polar surface area (TPSA) is 30.5 Å². The quantitative estimate of drug-likeness (QED) is 0.801. The number of nitrogens with one attached hydrogen (secondary N) is 1. The van der Waals surface area contributed by atoms with Crippen LogP contribution >= 0.6 is 11.3 Å². The molecule has 0 radical (unpaired) electrons. The molecule has 0 atom stereocenters. The third-order valence-corrected chi connectivity index (χ3v) is 3.84.